The van der Waals surface area contributed by atoms with Gasteiger partial charge in [0.25, 0.3) is 0 Å². The summed E-state index contributed by atoms with van der Waals surface area (Å²) < 4.78 is 21.6. The normalized spacial score (nSPS) is 14.8. The van der Waals surface area contributed by atoms with Crippen LogP contribution >= 0.6 is 11.7 Å². The molecule has 51 heavy (non-hydrogen) atoms. The molecule has 0 spiro atoms. The zero-order chi connectivity index (χ0) is 34.8. The van der Waals surface area contributed by atoms with Crippen molar-refractivity contribution in [1.82, 2.24) is 8.75 Å². The van der Waals surface area contributed by atoms with Gasteiger partial charge in [0.05, 0.1) is 25.9 Å². The molecule has 1 heterocycles. The van der Waals surface area contributed by atoms with E-state index in [0.717, 1.165) is 55.6 Å². The maximum absolute atomic E-state index is 5.88. The van der Waals surface area contributed by atoms with Gasteiger partial charge in [0.1, 0.15) is 22.5 Å². The second-order valence-corrected chi connectivity index (χ2v) is 15.5. The smallest absolute Gasteiger partial charge is 0.127 e. The molecule has 2 aliphatic carbocycles. The first-order valence-corrected chi connectivity index (χ1v) is 18.2. The maximum atomic E-state index is 5.88. The van der Waals surface area contributed by atoms with Crippen LogP contribution < -0.4 is 9.47 Å². The molecule has 2 aliphatic rings. The van der Waals surface area contributed by atoms with Crippen LogP contribution in [0.5, 0.6) is 11.5 Å². The van der Waals surface area contributed by atoms with Gasteiger partial charge in [0.15, 0.2) is 0 Å². The molecular weight excluding hydrogens is 645 g/mol. The molecule has 0 aliphatic heterocycles. The van der Waals surface area contributed by atoms with E-state index in [1.807, 2.05) is 0 Å². The van der Waals surface area contributed by atoms with Crippen molar-refractivity contribution in [2.24, 2.45) is 0 Å². The van der Waals surface area contributed by atoms with Crippen molar-refractivity contribution in [3.8, 4) is 56.0 Å². The van der Waals surface area contributed by atoms with Crippen LogP contribution in [0.2, 0.25) is 0 Å². The molecule has 248 valence electrons. The van der Waals surface area contributed by atoms with Gasteiger partial charge in [-0.2, -0.15) is 8.75 Å². The topological polar surface area (TPSA) is 44.2 Å². The molecule has 0 fully saturated rings. The van der Waals surface area contributed by atoms with E-state index in [1.54, 1.807) is 14.2 Å². The Balaban J connectivity index is 1.09. The number of fused-ring (bicyclic) bond motifs is 11. The summed E-state index contributed by atoms with van der Waals surface area (Å²) in [6, 6.07) is 40.0. The molecule has 4 nitrogen and oxygen atoms in total. The summed E-state index contributed by atoms with van der Waals surface area (Å²) in [5.41, 5.74) is 16.4. The summed E-state index contributed by atoms with van der Waals surface area (Å²) in [5.74, 6) is 1.84. The van der Waals surface area contributed by atoms with Gasteiger partial charge in [-0.15, -0.1) is 0 Å². The Hall–Kier alpha value is -5.52. The van der Waals surface area contributed by atoms with Gasteiger partial charge in [0, 0.05) is 32.7 Å². The van der Waals surface area contributed by atoms with Gasteiger partial charge in [-0.05, 0) is 90.7 Å². The monoisotopic (exact) mass is 680 g/mol. The number of ether oxygens (including phenoxy) is 2. The Morgan fingerprint density at radius 2 is 0.843 bits per heavy atom. The van der Waals surface area contributed by atoms with E-state index in [-0.39, 0.29) is 10.8 Å². The molecule has 0 N–H and O–H groups in total. The summed E-state index contributed by atoms with van der Waals surface area (Å²) in [6.07, 6.45) is 0. The van der Waals surface area contributed by atoms with E-state index in [9.17, 15) is 0 Å². The Labute approximate surface area is 301 Å². The molecule has 0 saturated carbocycles. The van der Waals surface area contributed by atoms with Crippen molar-refractivity contribution in [1.29, 1.82) is 0 Å². The Bertz CT molecular complexity index is 2600. The van der Waals surface area contributed by atoms with Gasteiger partial charge >= 0.3 is 0 Å². The number of hydrogen-bond donors (Lipinski definition) is 0. The Kier molecular flexibility index (Phi) is 6.24. The van der Waals surface area contributed by atoms with Crippen molar-refractivity contribution < 1.29 is 9.47 Å². The fourth-order valence-corrected chi connectivity index (χ4v) is 9.68. The SMILES string of the molecule is COc1cc2c(c3ccccc13)-c1ccc(-c3ccc(-c4ccc5c(c4)C(C)(C)c4cc(OC)c6ccccc6c4-5)c4nsnc34)cc1C2(C)C. The van der Waals surface area contributed by atoms with E-state index < -0.39 is 0 Å². The van der Waals surface area contributed by atoms with E-state index in [4.69, 9.17) is 18.2 Å². The molecule has 0 unspecified atom stereocenters. The average Bonchev–Trinajstić information content (AvgIpc) is 3.80. The lowest BCUT2D eigenvalue weighted by atomic mass is 9.80. The quantitative estimate of drug-likeness (QED) is 0.186. The molecule has 0 atom stereocenters. The summed E-state index contributed by atoms with van der Waals surface area (Å²) in [7, 11) is 3.53. The fraction of sp³-hybridized carbons (Fsp3) is 0.174. The summed E-state index contributed by atoms with van der Waals surface area (Å²) >= 11 is 1.28. The summed E-state index contributed by atoms with van der Waals surface area (Å²) in [4.78, 5) is 0. The molecule has 8 aromatic rings. The number of nitrogens with zero attached hydrogens (tertiary/aromatic N) is 2. The molecular formula is C46H36N2O2S. The largest absolute Gasteiger partial charge is 0.496 e. The molecule has 10 rings (SSSR count). The number of rotatable bonds is 4. The van der Waals surface area contributed by atoms with Crippen LogP contribution in [0.25, 0.3) is 77.1 Å². The molecule has 0 radical (unpaired) electrons. The number of benzene rings is 7. The van der Waals surface area contributed by atoms with Gasteiger partial charge in [-0.25, -0.2) is 0 Å². The second-order valence-electron chi connectivity index (χ2n) is 15.0. The first-order chi connectivity index (χ1) is 24.7. The highest BCUT2D eigenvalue weighted by Crippen LogP contribution is 2.56. The van der Waals surface area contributed by atoms with E-state index in [2.05, 4.69) is 137 Å². The highest BCUT2D eigenvalue weighted by atomic mass is 32.1. The predicted octanol–water partition coefficient (Wildman–Crippen LogP) is 12.0. The minimum Gasteiger partial charge on any atom is -0.496 e. The number of aromatic nitrogens is 2. The molecule has 7 aromatic carbocycles. The van der Waals surface area contributed by atoms with E-state index in [1.165, 1.54) is 67.0 Å². The standard InChI is InChI=1S/C46H36N2O2S/c1-45(2)35-21-25(15-17-33(35)41-31-13-9-7-11-29(31)39(49-5)23-37(41)45)27-19-20-28(44-43(27)47-51-48-44)26-16-18-34-36(22-26)46(3,4)38-24-40(50-6)30-12-8-10-14-32(30)42(34)38/h7-24H,1-6H3. The summed E-state index contributed by atoms with van der Waals surface area (Å²) in [6.45, 7) is 9.30. The number of hydrogen-bond acceptors (Lipinski definition) is 5. The van der Waals surface area contributed by atoms with Crippen molar-refractivity contribution in [2.75, 3.05) is 14.2 Å². The molecule has 5 heteroatoms. The van der Waals surface area contributed by atoms with Crippen LogP contribution in [0.4, 0.5) is 0 Å². The van der Waals surface area contributed by atoms with Gasteiger partial charge < -0.3 is 9.47 Å². The minimum absolute atomic E-state index is 0.193. The highest BCUT2D eigenvalue weighted by Gasteiger charge is 2.39. The van der Waals surface area contributed by atoms with Crippen LogP contribution in [0.15, 0.2) is 109 Å². The van der Waals surface area contributed by atoms with Crippen LogP contribution in [0.3, 0.4) is 0 Å². The van der Waals surface area contributed by atoms with Crippen molar-refractivity contribution in [3.05, 3.63) is 131 Å². The second kappa shape index (κ2) is 10.5. The first-order valence-electron chi connectivity index (χ1n) is 17.5. The molecule has 0 bridgehead atoms. The Morgan fingerprint density at radius 3 is 1.25 bits per heavy atom. The average molecular weight is 681 g/mol. The fourth-order valence-electron chi connectivity index (χ4n) is 9.10. The van der Waals surface area contributed by atoms with Crippen molar-refractivity contribution in [3.63, 3.8) is 0 Å². The lowest BCUT2D eigenvalue weighted by Crippen LogP contribution is -2.15. The number of methoxy groups -OCH3 is 2. The summed E-state index contributed by atoms with van der Waals surface area (Å²) in [5, 5.41) is 4.75. The zero-order valence-corrected chi connectivity index (χ0v) is 30.3. The lowest BCUT2D eigenvalue weighted by Gasteiger charge is -2.23. The first kappa shape index (κ1) is 30.3. The molecule has 0 amide bonds. The van der Waals surface area contributed by atoms with E-state index >= 15 is 0 Å². The third kappa shape index (κ3) is 4.01. The van der Waals surface area contributed by atoms with Crippen LogP contribution in [-0.4, -0.2) is 23.0 Å². The van der Waals surface area contributed by atoms with E-state index in [0.29, 0.717) is 0 Å². The lowest BCUT2D eigenvalue weighted by molar-refractivity contribution is 0.418. The van der Waals surface area contributed by atoms with Crippen molar-refractivity contribution >= 4 is 44.3 Å². The van der Waals surface area contributed by atoms with Crippen LogP contribution in [0, 0.1) is 0 Å². The maximum Gasteiger partial charge on any atom is 0.127 e. The molecule has 0 saturated heterocycles. The van der Waals surface area contributed by atoms with Crippen LogP contribution in [-0.2, 0) is 10.8 Å². The highest BCUT2D eigenvalue weighted by molar-refractivity contribution is 7.00. The Morgan fingerprint density at radius 1 is 0.451 bits per heavy atom. The van der Waals surface area contributed by atoms with Crippen molar-refractivity contribution in [2.45, 2.75) is 38.5 Å². The zero-order valence-electron chi connectivity index (χ0n) is 29.5. The van der Waals surface area contributed by atoms with Gasteiger partial charge in [0.2, 0.25) is 0 Å². The molecule has 1 aromatic heterocycles. The predicted molar refractivity (Wildman–Crippen MR) is 212 cm³/mol. The third-order valence-corrected chi connectivity index (χ3v) is 12.3. The third-order valence-electron chi connectivity index (χ3n) is 11.8. The van der Waals surface area contributed by atoms with Gasteiger partial charge in [-0.3, -0.25) is 0 Å². The van der Waals surface area contributed by atoms with Crippen LogP contribution in [0.1, 0.15) is 49.9 Å². The van der Waals surface area contributed by atoms with Gasteiger partial charge in [-0.1, -0.05) is 113 Å². The minimum atomic E-state index is -0.193.